The average molecular weight is 768 g/mol. The topological polar surface area (TPSA) is 19.7 Å². The molecule has 1 unspecified atom stereocenters. The molecule has 1 aromatic rings. The number of aromatic amines is 1. The summed E-state index contributed by atoms with van der Waals surface area (Å²) in [4.78, 5) is 3.71. The van der Waals surface area contributed by atoms with Crippen LogP contribution in [-0.4, -0.2) is 4.98 Å². The summed E-state index contributed by atoms with van der Waals surface area (Å²) in [5.74, 6) is 2.00. The van der Waals surface area contributed by atoms with Crippen molar-refractivity contribution < 1.29 is 4.57 Å². The molecule has 1 N–H and O–H groups in total. The lowest BCUT2D eigenvalue weighted by molar-refractivity contribution is -0.704. The second-order valence-corrected chi connectivity index (χ2v) is 18.1. The van der Waals surface area contributed by atoms with Gasteiger partial charge in [0.25, 0.3) is 5.82 Å². The number of unbranched alkanes of at least 4 members (excludes halogenated alkanes) is 39. The molecule has 324 valence electrons. The van der Waals surface area contributed by atoms with E-state index in [-0.39, 0.29) is 0 Å². The number of allylic oxidation sites excluding steroid dienone is 2. The maximum atomic E-state index is 3.71. The van der Waals surface area contributed by atoms with E-state index >= 15 is 0 Å². The Hall–Kier alpha value is -1.05. The zero-order valence-corrected chi connectivity index (χ0v) is 38.4. The number of aryl methyl sites for hydroxylation is 1. The van der Waals surface area contributed by atoms with E-state index in [4.69, 9.17) is 0 Å². The second-order valence-electron chi connectivity index (χ2n) is 18.1. The number of rotatable bonds is 46. The summed E-state index contributed by atoms with van der Waals surface area (Å²) in [5.41, 5.74) is 0. The highest BCUT2D eigenvalue weighted by molar-refractivity contribution is 5.04. The zero-order valence-electron chi connectivity index (χ0n) is 38.4. The van der Waals surface area contributed by atoms with Gasteiger partial charge >= 0.3 is 0 Å². The maximum absolute atomic E-state index is 3.71. The highest BCUT2D eigenvalue weighted by Crippen LogP contribution is 2.23. The molecule has 0 aliphatic rings. The summed E-state index contributed by atoms with van der Waals surface area (Å²) in [5, 5.41) is 0. The molecule has 0 aromatic carbocycles. The Morgan fingerprint density at radius 2 is 0.709 bits per heavy atom. The Kier molecular flexibility index (Phi) is 41.6. The Balaban J connectivity index is 2.26. The van der Waals surface area contributed by atoms with E-state index in [0.29, 0.717) is 5.92 Å². The summed E-state index contributed by atoms with van der Waals surface area (Å²) in [6.07, 6.45) is 71.1. The molecular weight excluding hydrogens is 665 g/mol. The first-order valence-corrected chi connectivity index (χ1v) is 26.1. The number of H-pyrrole nitrogens is 1. The van der Waals surface area contributed by atoms with Crippen molar-refractivity contribution in [2.45, 2.75) is 309 Å². The first kappa shape index (κ1) is 52.0. The van der Waals surface area contributed by atoms with Gasteiger partial charge in [0, 0.05) is 0 Å². The normalized spacial score (nSPS) is 12.4. The third-order valence-corrected chi connectivity index (χ3v) is 12.6. The molecule has 2 nitrogen and oxygen atoms in total. The molecule has 1 rings (SSSR count). The van der Waals surface area contributed by atoms with Crippen molar-refractivity contribution in [1.82, 2.24) is 4.98 Å². The van der Waals surface area contributed by atoms with Crippen LogP contribution in [0.15, 0.2) is 24.5 Å². The van der Waals surface area contributed by atoms with Gasteiger partial charge in [-0.25, -0.2) is 9.55 Å². The van der Waals surface area contributed by atoms with Gasteiger partial charge in [-0.15, -0.1) is 0 Å². The molecule has 0 bridgehead atoms. The van der Waals surface area contributed by atoms with Crippen molar-refractivity contribution in [2.75, 3.05) is 0 Å². The van der Waals surface area contributed by atoms with Crippen molar-refractivity contribution in [3.05, 3.63) is 30.4 Å². The van der Waals surface area contributed by atoms with Gasteiger partial charge in [0.15, 0.2) is 0 Å². The Morgan fingerprint density at radius 1 is 0.400 bits per heavy atom. The maximum Gasteiger partial charge on any atom is 0.261 e. The molecule has 0 aliphatic heterocycles. The van der Waals surface area contributed by atoms with Crippen molar-refractivity contribution in [3.63, 3.8) is 0 Å². The lowest BCUT2D eigenvalue weighted by atomic mass is 9.97. The first-order chi connectivity index (χ1) is 27.3. The van der Waals surface area contributed by atoms with Crippen LogP contribution in [0.1, 0.15) is 309 Å². The van der Waals surface area contributed by atoms with Crippen LogP contribution in [0.2, 0.25) is 0 Å². The summed E-state index contributed by atoms with van der Waals surface area (Å²) in [6.45, 7) is 8.12. The van der Waals surface area contributed by atoms with Crippen LogP contribution in [-0.2, 0) is 6.54 Å². The van der Waals surface area contributed by atoms with Crippen LogP contribution in [0.5, 0.6) is 0 Å². The molecular formula is C53H103N2+. The Bertz CT molecular complexity index is 870. The quantitative estimate of drug-likeness (QED) is 0.0387. The smallest absolute Gasteiger partial charge is 0.247 e. The number of hydrogen-bond acceptors (Lipinski definition) is 0. The zero-order chi connectivity index (χ0) is 39.4. The van der Waals surface area contributed by atoms with Crippen molar-refractivity contribution in [1.29, 1.82) is 0 Å². The highest BCUT2D eigenvalue weighted by Gasteiger charge is 2.20. The third-order valence-electron chi connectivity index (χ3n) is 12.6. The molecule has 0 fully saturated rings. The fourth-order valence-electron chi connectivity index (χ4n) is 8.79. The molecule has 0 spiro atoms. The minimum Gasteiger partial charge on any atom is -0.247 e. The van der Waals surface area contributed by atoms with Crippen LogP contribution < -0.4 is 4.57 Å². The first-order valence-electron chi connectivity index (χ1n) is 26.1. The Morgan fingerprint density at radius 3 is 1.07 bits per heavy atom. The van der Waals surface area contributed by atoms with Gasteiger partial charge in [0.1, 0.15) is 12.4 Å². The van der Waals surface area contributed by atoms with Gasteiger partial charge in [-0.3, -0.25) is 0 Å². The van der Waals surface area contributed by atoms with E-state index in [1.807, 2.05) is 0 Å². The molecule has 1 atom stereocenters. The van der Waals surface area contributed by atoms with E-state index in [1.165, 1.54) is 288 Å². The van der Waals surface area contributed by atoms with E-state index < -0.39 is 0 Å². The predicted octanol–water partition coefficient (Wildman–Crippen LogP) is 18.8. The standard InChI is InChI=1S/C53H102N2/c1-4-7-10-13-16-19-21-23-25-27-29-31-33-35-37-39-42-45-48-52(53-54-49-51-55(53)50-46-43-40-18-15-12-9-6-3)47-44-41-38-36-34-32-30-28-26-24-22-20-17-14-11-8-5-2/h44,47,49,51-52H,4-43,45-46,48,50H2,1-3H3/p+1. The summed E-state index contributed by atoms with van der Waals surface area (Å²) < 4.78 is 2.56. The van der Waals surface area contributed by atoms with Crippen LogP contribution in [0.4, 0.5) is 0 Å². The molecule has 0 amide bonds. The molecule has 0 aliphatic carbocycles. The summed E-state index contributed by atoms with van der Waals surface area (Å²) in [6, 6.07) is 0. The minimum atomic E-state index is 0.543. The van der Waals surface area contributed by atoms with Gasteiger partial charge in [-0.1, -0.05) is 277 Å². The number of imidazole rings is 1. The van der Waals surface area contributed by atoms with Gasteiger partial charge in [-0.05, 0) is 32.1 Å². The largest absolute Gasteiger partial charge is 0.261 e. The van der Waals surface area contributed by atoms with Gasteiger partial charge < -0.3 is 0 Å². The second kappa shape index (κ2) is 44.1. The lowest BCUT2D eigenvalue weighted by Crippen LogP contribution is -2.37. The van der Waals surface area contributed by atoms with Crippen LogP contribution >= 0.6 is 0 Å². The van der Waals surface area contributed by atoms with Crippen LogP contribution in [0.3, 0.4) is 0 Å². The van der Waals surface area contributed by atoms with E-state index in [1.54, 1.807) is 0 Å². The van der Waals surface area contributed by atoms with Crippen LogP contribution in [0, 0.1) is 0 Å². The average Bonchev–Trinajstić information content (AvgIpc) is 3.67. The highest BCUT2D eigenvalue weighted by atomic mass is 15.1. The van der Waals surface area contributed by atoms with Crippen molar-refractivity contribution in [3.8, 4) is 0 Å². The molecule has 0 saturated heterocycles. The molecule has 0 radical (unpaired) electrons. The molecule has 0 saturated carbocycles. The molecule has 2 heteroatoms. The van der Waals surface area contributed by atoms with Crippen molar-refractivity contribution >= 4 is 0 Å². The molecule has 1 heterocycles. The fraction of sp³-hybridized carbons (Fsp3) is 0.906. The number of aromatic nitrogens is 2. The van der Waals surface area contributed by atoms with Crippen LogP contribution in [0.25, 0.3) is 0 Å². The van der Waals surface area contributed by atoms with E-state index in [2.05, 4.69) is 54.9 Å². The SMILES string of the molecule is CCCCCCCCCCCCCCCCCC=CC(CCCCCCCCCCCCCCCCCCCC)c1[nH]cc[n+]1CCCCCCCCCC. The number of hydrogen-bond donors (Lipinski definition) is 1. The van der Waals surface area contributed by atoms with Gasteiger partial charge in [0.2, 0.25) is 0 Å². The molecule has 1 aromatic heterocycles. The Labute approximate surface area is 348 Å². The lowest BCUT2D eigenvalue weighted by Gasteiger charge is -2.11. The van der Waals surface area contributed by atoms with Gasteiger partial charge in [0.05, 0.1) is 12.5 Å². The summed E-state index contributed by atoms with van der Waals surface area (Å²) >= 11 is 0. The number of nitrogens with one attached hydrogen (secondary N) is 1. The van der Waals surface area contributed by atoms with E-state index in [9.17, 15) is 0 Å². The monoisotopic (exact) mass is 768 g/mol. The number of nitrogens with zero attached hydrogens (tertiary/aromatic N) is 1. The molecule has 55 heavy (non-hydrogen) atoms. The van der Waals surface area contributed by atoms with Gasteiger partial charge in [-0.2, -0.15) is 0 Å². The van der Waals surface area contributed by atoms with Crippen molar-refractivity contribution in [2.24, 2.45) is 0 Å². The predicted molar refractivity (Wildman–Crippen MR) is 248 cm³/mol. The third kappa shape index (κ3) is 35.8. The summed E-state index contributed by atoms with van der Waals surface area (Å²) in [7, 11) is 0. The minimum absolute atomic E-state index is 0.543. The fourth-order valence-corrected chi connectivity index (χ4v) is 8.79. The van der Waals surface area contributed by atoms with E-state index in [0.717, 1.165) is 0 Å².